The van der Waals surface area contributed by atoms with Crippen LogP contribution in [0.5, 0.6) is 0 Å². The van der Waals surface area contributed by atoms with Crippen LogP contribution in [0, 0.1) is 0 Å². The van der Waals surface area contributed by atoms with Gasteiger partial charge in [-0.15, -0.1) is 0 Å². The lowest BCUT2D eigenvalue weighted by atomic mass is 9.82. The highest BCUT2D eigenvalue weighted by Crippen LogP contribution is 2.33. The Kier molecular flexibility index (Phi) is 4.98. The third-order valence-electron chi connectivity index (χ3n) is 7.36. The summed E-state index contributed by atoms with van der Waals surface area (Å²) >= 11 is 0. The topological polar surface area (TPSA) is 73.6 Å². The monoisotopic (exact) mass is 411 g/mol. The fraction of sp³-hybridized carbons (Fsp3) is 0.652. The molecule has 1 aromatic heterocycles. The first-order valence-corrected chi connectivity index (χ1v) is 11.3. The van der Waals surface area contributed by atoms with Crippen molar-refractivity contribution in [1.29, 1.82) is 0 Å². The molecule has 0 aliphatic carbocycles. The highest BCUT2D eigenvalue weighted by molar-refractivity contribution is 6.04. The second kappa shape index (κ2) is 7.54. The van der Waals surface area contributed by atoms with Crippen molar-refractivity contribution in [3.63, 3.8) is 0 Å². The largest absolute Gasteiger partial charge is 0.423 e. The minimum Gasteiger partial charge on any atom is -0.423 e. The van der Waals surface area contributed by atoms with Crippen molar-refractivity contribution in [2.24, 2.45) is 0 Å². The van der Waals surface area contributed by atoms with E-state index in [0.29, 0.717) is 34.8 Å². The second-order valence-corrected chi connectivity index (χ2v) is 9.84. The normalized spacial score (nSPS) is 29.2. The number of anilines is 1. The van der Waals surface area contributed by atoms with Crippen molar-refractivity contribution in [3.05, 3.63) is 23.8 Å². The number of carbonyl (C=O) groups excluding carboxylic acids is 1. The van der Waals surface area contributed by atoms with Crippen molar-refractivity contribution in [2.45, 2.75) is 69.6 Å². The minimum absolute atomic E-state index is 0.0346. The first-order chi connectivity index (χ1) is 14.4. The van der Waals surface area contributed by atoms with E-state index < -0.39 is 0 Å². The summed E-state index contributed by atoms with van der Waals surface area (Å²) in [7, 11) is 2.24. The summed E-state index contributed by atoms with van der Waals surface area (Å²) in [6, 6.07) is 7.67. The van der Waals surface area contributed by atoms with Gasteiger partial charge >= 0.3 is 0 Å². The van der Waals surface area contributed by atoms with E-state index in [0.717, 1.165) is 32.5 Å². The molecule has 2 N–H and O–H groups in total. The molecule has 162 valence electrons. The van der Waals surface area contributed by atoms with Crippen LogP contribution < -0.4 is 15.5 Å². The number of piperazine rings is 1. The lowest BCUT2D eigenvalue weighted by Gasteiger charge is -2.47. The van der Waals surface area contributed by atoms with Crippen molar-refractivity contribution >= 4 is 23.0 Å². The van der Waals surface area contributed by atoms with Crippen LogP contribution in [0.25, 0.3) is 11.1 Å². The number of fused-ring (bicyclic) bond motifs is 3. The van der Waals surface area contributed by atoms with Gasteiger partial charge in [-0.05, 0) is 58.7 Å². The number of oxazole rings is 1. The van der Waals surface area contributed by atoms with Gasteiger partial charge in [-0.2, -0.15) is 4.98 Å². The molecule has 2 aromatic rings. The fourth-order valence-corrected chi connectivity index (χ4v) is 5.57. The SMILES string of the molecule is CN1C2CCCC1CC(NC(=O)c1cccc3oc(N4CCNCC4(C)C)nc13)C2. The number of hydrogen-bond donors (Lipinski definition) is 2. The van der Waals surface area contributed by atoms with E-state index in [1.807, 2.05) is 18.2 Å². The van der Waals surface area contributed by atoms with Gasteiger partial charge in [0.15, 0.2) is 5.58 Å². The van der Waals surface area contributed by atoms with Crippen LogP contribution in [0.2, 0.25) is 0 Å². The third kappa shape index (κ3) is 3.48. The zero-order valence-corrected chi connectivity index (χ0v) is 18.3. The van der Waals surface area contributed by atoms with Gasteiger partial charge < -0.3 is 24.9 Å². The standard InChI is InChI=1S/C23H33N5O2/c1-23(2)14-24-10-11-28(23)22-26-20-18(8-5-9-19(20)30-22)21(29)25-15-12-16-6-4-7-17(13-15)27(16)3/h5,8-9,15-17,24H,4,6-7,10-14H2,1-3H3,(H,25,29). The molecule has 5 rings (SSSR count). The Bertz CT molecular complexity index is 925. The Hall–Kier alpha value is -2.12. The number of nitrogens with one attached hydrogen (secondary N) is 2. The van der Waals surface area contributed by atoms with Gasteiger partial charge in [0.1, 0.15) is 5.52 Å². The number of aromatic nitrogens is 1. The maximum Gasteiger partial charge on any atom is 0.298 e. The number of rotatable bonds is 3. The van der Waals surface area contributed by atoms with Gasteiger partial charge in [-0.25, -0.2) is 0 Å². The first-order valence-electron chi connectivity index (χ1n) is 11.3. The number of amides is 1. The molecule has 3 saturated heterocycles. The molecule has 1 amide bonds. The molecular weight excluding hydrogens is 378 g/mol. The number of nitrogens with zero attached hydrogens (tertiary/aromatic N) is 3. The van der Waals surface area contributed by atoms with E-state index >= 15 is 0 Å². The van der Waals surface area contributed by atoms with Gasteiger partial charge in [0.25, 0.3) is 11.9 Å². The molecule has 0 saturated carbocycles. The van der Waals surface area contributed by atoms with E-state index in [9.17, 15) is 4.79 Å². The molecule has 3 fully saturated rings. The number of benzene rings is 1. The summed E-state index contributed by atoms with van der Waals surface area (Å²) in [5.74, 6) is -0.0346. The van der Waals surface area contributed by atoms with E-state index in [2.05, 4.69) is 41.3 Å². The predicted molar refractivity (Wildman–Crippen MR) is 118 cm³/mol. The Morgan fingerprint density at radius 3 is 2.77 bits per heavy atom. The molecule has 3 aliphatic rings. The molecule has 0 radical (unpaired) electrons. The number of hydrogen-bond acceptors (Lipinski definition) is 6. The van der Waals surface area contributed by atoms with Crippen LogP contribution in [0.4, 0.5) is 6.01 Å². The predicted octanol–water partition coefficient (Wildman–Crippen LogP) is 2.76. The molecule has 2 atom stereocenters. The summed E-state index contributed by atoms with van der Waals surface area (Å²) in [5.41, 5.74) is 1.85. The molecule has 7 heteroatoms. The lowest BCUT2D eigenvalue weighted by molar-refractivity contribution is 0.0463. The smallest absolute Gasteiger partial charge is 0.298 e. The van der Waals surface area contributed by atoms with Crippen LogP contribution in [0.1, 0.15) is 56.3 Å². The highest BCUT2D eigenvalue weighted by Gasteiger charge is 2.37. The molecule has 0 spiro atoms. The Morgan fingerprint density at radius 1 is 1.27 bits per heavy atom. The minimum atomic E-state index is -0.0898. The molecule has 30 heavy (non-hydrogen) atoms. The summed E-state index contributed by atoms with van der Waals surface area (Å²) < 4.78 is 6.10. The molecule has 7 nitrogen and oxygen atoms in total. The number of piperidine rings is 2. The molecule has 3 aliphatic heterocycles. The summed E-state index contributed by atoms with van der Waals surface area (Å²) in [6.45, 7) is 6.96. The van der Waals surface area contributed by atoms with Gasteiger partial charge in [-0.3, -0.25) is 4.79 Å². The molecule has 1 aromatic carbocycles. The molecular formula is C23H33N5O2. The maximum atomic E-state index is 13.2. The Morgan fingerprint density at radius 2 is 2.03 bits per heavy atom. The van der Waals surface area contributed by atoms with Gasteiger partial charge in [0.2, 0.25) is 0 Å². The molecule has 2 unspecified atom stereocenters. The van der Waals surface area contributed by atoms with Crippen molar-refractivity contribution in [1.82, 2.24) is 20.5 Å². The van der Waals surface area contributed by atoms with Crippen LogP contribution in [0.3, 0.4) is 0 Å². The Balaban J connectivity index is 1.38. The van der Waals surface area contributed by atoms with Gasteiger partial charge in [-0.1, -0.05) is 12.5 Å². The van der Waals surface area contributed by atoms with Crippen molar-refractivity contribution < 1.29 is 9.21 Å². The van der Waals surface area contributed by atoms with Crippen LogP contribution >= 0.6 is 0 Å². The van der Waals surface area contributed by atoms with E-state index in [1.165, 1.54) is 19.3 Å². The van der Waals surface area contributed by atoms with Gasteiger partial charge in [0, 0.05) is 37.8 Å². The van der Waals surface area contributed by atoms with Crippen LogP contribution in [-0.4, -0.2) is 66.1 Å². The van der Waals surface area contributed by atoms with Crippen LogP contribution in [0.15, 0.2) is 22.6 Å². The van der Waals surface area contributed by atoms with E-state index in [-0.39, 0.29) is 17.5 Å². The summed E-state index contributed by atoms with van der Waals surface area (Å²) in [4.78, 5) is 22.7. The van der Waals surface area contributed by atoms with E-state index in [4.69, 9.17) is 9.40 Å². The quantitative estimate of drug-likeness (QED) is 0.809. The van der Waals surface area contributed by atoms with Crippen molar-refractivity contribution in [2.75, 3.05) is 31.6 Å². The molecule has 2 bridgehead atoms. The zero-order valence-electron chi connectivity index (χ0n) is 18.3. The number of para-hydroxylation sites is 1. The lowest BCUT2D eigenvalue weighted by Crippen LogP contribution is -2.58. The number of carbonyl (C=O) groups is 1. The second-order valence-electron chi connectivity index (χ2n) is 9.84. The first kappa shape index (κ1) is 19.8. The highest BCUT2D eigenvalue weighted by atomic mass is 16.4. The summed E-state index contributed by atoms with van der Waals surface area (Å²) in [6.07, 6.45) is 5.86. The maximum absolute atomic E-state index is 13.2. The molecule has 4 heterocycles. The van der Waals surface area contributed by atoms with Crippen LogP contribution in [-0.2, 0) is 0 Å². The average Bonchev–Trinajstić information content (AvgIpc) is 3.12. The van der Waals surface area contributed by atoms with E-state index in [1.54, 1.807) is 0 Å². The van der Waals surface area contributed by atoms with Gasteiger partial charge in [0.05, 0.1) is 11.1 Å². The van der Waals surface area contributed by atoms with Crippen molar-refractivity contribution in [3.8, 4) is 0 Å². The average molecular weight is 412 g/mol. The Labute approximate surface area is 178 Å². The third-order valence-corrected chi connectivity index (χ3v) is 7.36. The zero-order chi connectivity index (χ0) is 20.9. The fourth-order valence-electron chi connectivity index (χ4n) is 5.57. The summed E-state index contributed by atoms with van der Waals surface area (Å²) in [5, 5.41) is 6.74.